The zero-order valence-electron chi connectivity index (χ0n) is 22.9. The van der Waals surface area contributed by atoms with Crippen LogP contribution >= 0.6 is 0 Å². The molecule has 10 nitrogen and oxygen atoms in total. The van der Waals surface area contributed by atoms with E-state index in [4.69, 9.17) is 4.74 Å². The Morgan fingerprint density at radius 1 is 1.10 bits per heavy atom. The van der Waals surface area contributed by atoms with Gasteiger partial charge in [-0.25, -0.2) is 18.2 Å². The number of hydrogen-bond acceptors (Lipinski definition) is 7. The number of nitrogens with one attached hydrogen (secondary N) is 3. The molecular formula is C29H31F3N6O4. The first-order chi connectivity index (χ1) is 20.1. The SMILES string of the molecule is CC(C(=O)Nc1ccc(Oc2ccc(F)cc2)cn1)N1CCN(C(=O)c2c[nH]c(=O)c(CNC3CC(F)(F)C3)c2)CC1. The normalized spacial score (nSPS) is 17.8. The molecule has 1 aliphatic heterocycles. The van der Waals surface area contributed by atoms with Gasteiger partial charge in [-0.05, 0) is 49.4 Å². The van der Waals surface area contributed by atoms with Crippen LogP contribution in [0.5, 0.6) is 11.5 Å². The van der Waals surface area contributed by atoms with Crippen LogP contribution in [0.3, 0.4) is 0 Å². The minimum atomic E-state index is -2.66. The van der Waals surface area contributed by atoms with Crippen molar-refractivity contribution in [1.29, 1.82) is 0 Å². The summed E-state index contributed by atoms with van der Waals surface area (Å²) < 4.78 is 44.8. The highest BCUT2D eigenvalue weighted by atomic mass is 19.3. The largest absolute Gasteiger partial charge is 0.456 e. The summed E-state index contributed by atoms with van der Waals surface area (Å²) in [5, 5.41) is 5.73. The minimum Gasteiger partial charge on any atom is -0.456 e. The summed E-state index contributed by atoms with van der Waals surface area (Å²) in [5.41, 5.74) is 0.241. The Bertz CT molecular complexity index is 1470. The molecule has 0 radical (unpaired) electrons. The minimum absolute atomic E-state index is 0.0937. The van der Waals surface area contributed by atoms with E-state index in [-0.39, 0.29) is 48.6 Å². The number of amides is 2. The molecule has 3 heterocycles. The Balaban J connectivity index is 1.09. The van der Waals surface area contributed by atoms with Crippen molar-refractivity contribution in [2.24, 2.45) is 0 Å². The first kappa shape index (κ1) is 29.3. The van der Waals surface area contributed by atoms with Crippen LogP contribution in [0.15, 0.2) is 59.7 Å². The molecule has 2 fully saturated rings. The molecule has 5 rings (SSSR count). The summed E-state index contributed by atoms with van der Waals surface area (Å²) in [6.45, 7) is 3.56. The second kappa shape index (κ2) is 12.3. The van der Waals surface area contributed by atoms with Crippen LogP contribution in [0, 0.1) is 5.82 Å². The third-order valence-electron chi connectivity index (χ3n) is 7.46. The Morgan fingerprint density at radius 2 is 1.79 bits per heavy atom. The summed E-state index contributed by atoms with van der Waals surface area (Å²) in [5.74, 6) is -2.30. The van der Waals surface area contributed by atoms with E-state index in [9.17, 15) is 27.6 Å². The lowest BCUT2D eigenvalue weighted by molar-refractivity contribution is -0.121. The van der Waals surface area contributed by atoms with Gasteiger partial charge in [0, 0.05) is 63.4 Å². The van der Waals surface area contributed by atoms with Crippen molar-refractivity contribution >= 4 is 17.6 Å². The van der Waals surface area contributed by atoms with Crippen molar-refractivity contribution in [3.8, 4) is 11.5 Å². The molecule has 42 heavy (non-hydrogen) atoms. The fourth-order valence-corrected chi connectivity index (χ4v) is 4.89. The lowest BCUT2D eigenvalue weighted by atomic mass is 9.88. The fourth-order valence-electron chi connectivity index (χ4n) is 4.89. The van der Waals surface area contributed by atoms with Gasteiger partial charge in [0.1, 0.15) is 23.1 Å². The molecule has 3 aromatic rings. The van der Waals surface area contributed by atoms with Crippen LogP contribution in [0.1, 0.15) is 35.7 Å². The first-order valence-electron chi connectivity index (χ1n) is 13.6. The van der Waals surface area contributed by atoms with Crippen LogP contribution in [0.25, 0.3) is 0 Å². The first-order valence-corrected chi connectivity index (χ1v) is 13.6. The molecule has 13 heteroatoms. The Morgan fingerprint density at radius 3 is 2.43 bits per heavy atom. The van der Waals surface area contributed by atoms with Crippen LogP contribution in [-0.4, -0.2) is 75.8 Å². The molecule has 1 aliphatic carbocycles. The quantitative estimate of drug-likeness (QED) is 0.353. The Hall–Kier alpha value is -4.23. The number of anilines is 1. The highest BCUT2D eigenvalue weighted by molar-refractivity contribution is 5.95. The van der Waals surface area contributed by atoms with E-state index in [1.54, 1.807) is 24.0 Å². The van der Waals surface area contributed by atoms with Crippen LogP contribution in [0.4, 0.5) is 19.0 Å². The fraction of sp³-hybridized carbons (Fsp3) is 0.379. The van der Waals surface area contributed by atoms with Crippen molar-refractivity contribution < 1.29 is 27.5 Å². The number of pyridine rings is 2. The highest BCUT2D eigenvalue weighted by Crippen LogP contribution is 2.37. The van der Waals surface area contributed by atoms with E-state index in [0.29, 0.717) is 54.6 Å². The van der Waals surface area contributed by atoms with Gasteiger partial charge in [0.25, 0.3) is 17.4 Å². The summed E-state index contributed by atoms with van der Waals surface area (Å²) in [7, 11) is 0. The number of halogens is 3. The smallest absolute Gasteiger partial charge is 0.255 e. The number of carbonyl (C=O) groups is 2. The maximum atomic E-state index is 13.1. The van der Waals surface area contributed by atoms with Crippen molar-refractivity contribution in [1.82, 2.24) is 25.1 Å². The maximum Gasteiger partial charge on any atom is 0.255 e. The van der Waals surface area contributed by atoms with Crippen molar-refractivity contribution in [2.45, 2.75) is 44.3 Å². The summed E-state index contributed by atoms with van der Waals surface area (Å²) in [4.78, 5) is 48.6. The number of H-pyrrole nitrogens is 1. The van der Waals surface area contributed by atoms with Gasteiger partial charge < -0.3 is 25.3 Å². The van der Waals surface area contributed by atoms with E-state index in [1.165, 1.54) is 42.7 Å². The third kappa shape index (κ3) is 7.15. The Labute approximate surface area is 239 Å². The van der Waals surface area contributed by atoms with Crippen molar-refractivity contribution in [2.75, 3.05) is 31.5 Å². The maximum absolute atomic E-state index is 13.1. The average molecular weight is 585 g/mol. The van der Waals surface area contributed by atoms with Gasteiger partial charge in [-0.3, -0.25) is 19.3 Å². The molecule has 2 aromatic heterocycles. The van der Waals surface area contributed by atoms with Crippen LogP contribution < -0.4 is 20.9 Å². The molecular weight excluding hydrogens is 553 g/mol. The van der Waals surface area contributed by atoms with Gasteiger partial charge in [0.15, 0.2) is 0 Å². The molecule has 0 spiro atoms. The second-order valence-electron chi connectivity index (χ2n) is 10.5. The molecule has 0 bridgehead atoms. The predicted molar refractivity (Wildman–Crippen MR) is 148 cm³/mol. The highest BCUT2D eigenvalue weighted by Gasteiger charge is 2.45. The van der Waals surface area contributed by atoms with Crippen molar-refractivity contribution in [3.63, 3.8) is 0 Å². The summed E-state index contributed by atoms with van der Waals surface area (Å²) in [6, 6.07) is 9.49. The van der Waals surface area contributed by atoms with Gasteiger partial charge in [-0.15, -0.1) is 0 Å². The lowest BCUT2D eigenvalue weighted by Crippen LogP contribution is -2.54. The number of aromatic amines is 1. The standard InChI is InChI=1S/C29H31F3N6O4/c1-18(26(39)36-25-7-6-24(17-34-25)42-23-4-2-21(30)3-5-23)37-8-10-38(11-9-37)28(41)20-12-19(27(40)35-16-20)15-33-22-13-29(31,32)14-22/h2-7,12,16-18,22,33H,8-11,13-15H2,1H3,(H,35,40)(H,34,36,39). The van der Waals surface area contributed by atoms with Gasteiger partial charge in [0.2, 0.25) is 5.91 Å². The van der Waals surface area contributed by atoms with Gasteiger partial charge in [-0.1, -0.05) is 0 Å². The number of carbonyl (C=O) groups excluding carboxylic acids is 2. The van der Waals surface area contributed by atoms with E-state index >= 15 is 0 Å². The zero-order chi connectivity index (χ0) is 29.9. The van der Waals surface area contributed by atoms with E-state index in [0.717, 1.165) is 0 Å². The summed E-state index contributed by atoms with van der Waals surface area (Å²) in [6.07, 6.45) is 2.29. The van der Waals surface area contributed by atoms with Gasteiger partial charge in [-0.2, -0.15) is 0 Å². The van der Waals surface area contributed by atoms with Gasteiger partial charge in [0.05, 0.1) is 17.8 Å². The molecule has 1 atom stereocenters. The van der Waals surface area contributed by atoms with Gasteiger partial charge >= 0.3 is 0 Å². The van der Waals surface area contributed by atoms with E-state index < -0.39 is 12.0 Å². The molecule has 222 valence electrons. The van der Waals surface area contributed by atoms with Crippen LogP contribution in [-0.2, 0) is 11.3 Å². The molecule has 1 saturated carbocycles. The monoisotopic (exact) mass is 584 g/mol. The number of aromatic nitrogens is 2. The topological polar surface area (TPSA) is 120 Å². The molecule has 1 saturated heterocycles. The Kier molecular flexibility index (Phi) is 8.59. The van der Waals surface area contributed by atoms with Crippen LogP contribution in [0.2, 0.25) is 0 Å². The lowest BCUT2D eigenvalue weighted by Gasteiger charge is -2.37. The van der Waals surface area contributed by atoms with E-state index in [2.05, 4.69) is 20.6 Å². The van der Waals surface area contributed by atoms with E-state index in [1.807, 2.05) is 4.90 Å². The molecule has 1 unspecified atom stereocenters. The molecule has 1 aromatic carbocycles. The predicted octanol–water partition coefficient (Wildman–Crippen LogP) is 3.37. The van der Waals surface area contributed by atoms with Crippen molar-refractivity contribution in [3.05, 3.63) is 82.2 Å². The third-order valence-corrected chi connectivity index (χ3v) is 7.46. The molecule has 2 amide bonds. The number of alkyl halides is 2. The average Bonchev–Trinajstić information content (AvgIpc) is 2.97. The number of rotatable bonds is 9. The number of nitrogens with zero attached hydrogens (tertiary/aromatic N) is 3. The zero-order valence-corrected chi connectivity index (χ0v) is 22.9. The number of hydrogen-bond donors (Lipinski definition) is 3. The molecule has 2 aliphatic rings. The summed E-state index contributed by atoms with van der Waals surface area (Å²) >= 11 is 0. The number of piperazine rings is 1. The number of benzene rings is 1. The number of ether oxygens (including phenoxy) is 1. The second-order valence-corrected chi connectivity index (χ2v) is 10.5. The molecule has 3 N–H and O–H groups in total.